The van der Waals surface area contributed by atoms with Crippen LogP contribution in [0.2, 0.25) is 0 Å². The highest BCUT2D eigenvalue weighted by molar-refractivity contribution is 7.89. The number of benzene rings is 2. The first kappa shape index (κ1) is 22.7. The largest absolute Gasteiger partial charge is 0.493 e. The van der Waals surface area contributed by atoms with Crippen molar-refractivity contribution in [1.82, 2.24) is 9.62 Å². The van der Waals surface area contributed by atoms with Crippen LogP contribution in [-0.2, 0) is 14.8 Å². The Morgan fingerprint density at radius 1 is 1.03 bits per heavy atom. The molecule has 0 spiro atoms. The zero-order valence-electron chi connectivity index (χ0n) is 17.6. The molecule has 0 heterocycles. The normalized spacial score (nSPS) is 12.5. The maximum absolute atomic E-state index is 12.8. The molecule has 0 fully saturated rings. The van der Waals surface area contributed by atoms with E-state index in [-0.39, 0.29) is 23.4 Å². The number of amides is 1. The first-order valence-electron chi connectivity index (χ1n) is 9.15. The van der Waals surface area contributed by atoms with Gasteiger partial charge in [0.25, 0.3) is 0 Å². The second kappa shape index (κ2) is 9.28. The molecule has 1 N–H and O–H groups in total. The van der Waals surface area contributed by atoms with Crippen LogP contribution in [0.1, 0.15) is 29.7 Å². The Balaban J connectivity index is 2.10. The van der Waals surface area contributed by atoms with Gasteiger partial charge in [-0.1, -0.05) is 18.2 Å². The molecule has 7 nitrogen and oxygen atoms in total. The molecule has 0 aliphatic heterocycles. The predicted octanol–water partition coefficient (Wildman–Crippen LogP) is 2.82. The van der Waals surface area contributed by atoms with Crippen LogP contribution in [-0.4, -0.2) is 46.4 Å². The summed E-state index contributed by atoms with van der Waals surface area (Å²) in [6, 6.07) is 10.0. The highest BCUT2D eigenvalue weighted by atomic mass is 32.2. The van der Waals surface area contributed by atoms with Crippen LogP contribution < -0.4 is 14.8 Å². The Morgan fingerprint density at radius 2 is 1.69 bits per heavy atom. The fraction of sp³-hybridized carbons (Fsp3) is 0.381. The van der Waals surface area contributed by atoms with Crippen molar-refractivity contribution in [1.29, 1.82) is 0 Å². The lowest BCUT2D eigenvalue weighted by Crippen LogP contribution is -2.39. The quantitative estimate of drug-likeness (QED) is 0.710. The molecule has 0 radical (unpaired) electrons. The standard InChI is InChI=1S/C21H28N2O5S/c1-14-7-8-17(11-15(14)2)16(3)22-21(24)13-23(4)29(25,26)18-9-10-19(27-5)20(12-18)28-6/h7-12,16H,13H2,1-6H3,(H,22,24)/t16-/m0/s1. The minimum atomic E-state index is -3.87. The van der Waals surface area contributed by atoms with Crippen molar-refractivity contribution in [3.05, 3.63) is 53.1 Å². The Bertz CT molecular complexity index is 989. The molecule has 1 atom stereocenters. The van der Waals surface area contributed by atoms with Crippen LogP contribution in [0.25, 0.3) is 0 Å². The summed E-state index contributed by atoms with van der Waals surface area (Å²) in [6.07, 6.45) is 0. The zero-order valence-corrected chi connectivity index (χ0v) is 18.5. The van der Waals surface area contributed by atoms with Gasteiger partial charge in [-0.2, -0.15) is 4.31 Å². The van der Waals surface area contributed by atoms with E-state index in [0.29, 0.717) is 11.5 Å². The molecule has 0 saturated heterocycles. The van der Waals surface area contributed by atoms with Crippen LogP contribution >= 0.6 is 0 Å². The summed E-state index contributed by atoms with van der Waals surface area (Å²) >= 11 is 0. The van der Waals surface area contributed by atoms with Gasteiger partial charge in [0, 0.05) is 13.1 Å². The van der Waals surface area contributed by atoms with Gasteiger partial charge in [-0.15, -0.1) is 0 Å². The summed E-state index contributed by atoms with van der Waals surface area (Å²) in [6.45, 7) is 5.60. The summed E-state index contributed by atoms with van der Waals surface area (Å²) in [4.78, 5) is 12.4. The fourth-order valence-corrected chi connectivity index (χ4v) is 3.99. The molecule has 0 saturated carbocycles. The average Bonchev–Trinajstić information content (AvgIpc) is 2.69. The third-order valence-corrected chi connectivity index (χ3v) is 6.64. The number of rotatable bonds is 8. The molecule has 0 bridgehead atoms. The van der Waals surface area contributed by atoms with Crippen molar-refractivity contribution >= 4 is 15.9 Å². The van der Waals surface area contributed by atoms with Crippen LogP contribution in [0.4, 0.5) is 0 Å². The van der Waals surface area contributed by atoms with E-state index in [1.54, 1.807) is 0 Å². The van der Waals surface area contributed by atoms with E-state index in [4.69, 9.17) is 9.47 Å². The van der Waals surface area contributed by atoms with Gasteiger partial charge in [0.15, 0.2) is 11.5 Å². The third-order valence-electron chi connectivity index (χ3n) is 4.84. The highest BCUT2D eigenvalue weighted by Gasteiger charge is 2.25. The number of nitrogens with zero attached hydrogens (tertiary/aromatic N) is 1. The smallest absolute Gasteiger partial charge is 0.243 e. The summed E-state index contributed by atoms with van der Waals surface area (Å²) < 4.78 is 37.0. The molecule has 2 rings (SSSR count). The molecule has 158 valence electrons. The van der Waals surface area contributed by atoms with Gasteiger partial charge in [0.1, 0.15) is 0 Å². The van der Waals surface area contributed by atoms with Crippen molar-refractivity contribution in [3.8, 4) is 11.5 Å². The van der Waals surface area contributed by atoms with E-state index >= 15 is 0 Å². The molecule has 0 aromatic heterocycles. The number of carbonyl (C=O) groups is 1. The molecule has 0 aliphatic carbocycles. The van der Waals surface area contributed by atoms with E-state index in [1.807, 2.05) is 39.0 Å². The van der Waals surface area contributed by atoms with E-state index in [2.05, 4.69) is 5.32 Å². The van der Waals surface area contributed by atoms with E-state index < -0.39 is 10.0 Å². The van der Waals surface area contributed by atoms with Gasteiger partial charge in [-0.25, -0.2) is 8.42 Å². The number of nitrogens with one attached hydrogen (secondary N) is 1. The van der Waals surface area contributed by atoms with Crippen LogP contribution in [0, 0.1) is 13.8 Å². The number of ether oxygens (including phenoxy) is 2. The monoisotopic (exact) mass is 420 g/mol. The highest BCUT2D eigenvalue weighted by Crippen LogP contribution is 2.30. The summed E-state index contributed by atoms with van der Waals surface area (Å²) in [7, 11) is 0.402. The van der Waals surface area contributed by atoms with Gasteiger partial charge in [-0.3, -0.25) is 4.79 Å². The molecule has 29 heavy (non-hydrogen) atoms. The van der Waals surface area contributed by atoms with Crippen LogP contribution in [0.3, 0.4) is 0 Å². The lowest BCUT2D eigenvalue weighted by atomic mass is 10.0. The number of aryl methyl sites for hydroxylation is 2. The molecule has 8 heteroatoms. The number of sulfonamides is 1. The second-order valence-corrected chi connectivity index (χ2v) is 8.96. The van der Waals surface area contributed by atoms with E-state index in [0.717, 1.165) is 15.4 Å². The molecule has 0 unspecified atom stereocenters. The Morgan fingerprint density at radius 3 is 2.28 bits per heavy atom. The predicted molar refractivity (Wildman–Crippen MR) is 112 cm³/mol. The summed E-state index contributed by atoms with van der Waals surface area (Å²) in [5, 5.41) is 2.85. The molecular weight excluding hydrogens is 392 g/mol. The maximum atomic E-state index is 12.8. The van der Waals surface area contributed by atoms with Gasteiger partial charge in [-0.05, 0) is 49.6 Å². The van der Waals surface area contributed by atoms with Crippen molar-refractivity contribution in [3.63, 3.8) is 0 Å². The van der Waals surface area contributed by atoms with Crippen molar-refractivity contribution in [2.24, 2.45) is 0 Å². The summed E-state index contributed by atoms with van der Waals surface area (Å²) in [5.41, 5.74) is 3.27. The number of hydrogen-bond donors (Lipinski definition) is 1. The lowest BCUT2D eigenvalue weighted by Gasteiger charge is -2.20. The maximum Gasteiger partial charge on any atom is 0.243 e. The second-order valence-electron chi connectivity index (χ2n) is 6.91. The first-order valence-corrected chi connectivity index (χ1v) is 10.6. The molecular formula is C21H28N2O5S. The first-order chi connectivity index (χ1) is 13.6. The minimum Gasteiger partial charge on any atom is -0.493 e. The van der Waals surface area contributed by atoms with Crippen molar-refractivity contribution in [2.75, 3.05) is 27.8 Å². The van der Waals surface area contributed by atoms with Gasteiger partial charge < -0.3 is 14.8 Å². The molecule has 2 aromatic carbocycles. The van der Waals surface area contributed by atoms with Crippen molar-refractivity contribution in [2.45, 2.75) is 31.7 Å². The Kier molecular flexibility index (Phi) is 7.26. The lowest BCUT2D eigenvalue weighted by molar-refractivity contribution is -0.121. The van der Waals surface area contributed by atoms with E-state index in [1.165, 1.54) is 45.0 Å². The van der Waals surface area contributed by atoms with E-state index in [9.17, 15) is 13.2 Å². The van der Waals surface area contributed by atoms with Gasteiger partial charge >= 0.3 is 0 Å². The number of hydrogen-bond acceptors (Lipinski definition) is 5. The van der Waals surface area contributed by atoms with Crippen LogP contribution in [0.15, 0.2) is 41.3 Å². The molecule has 2 aromatic rings. The SMILES string of the molecule is COc1ccc(S(=O)(=O)N(C)CC(=O)N[C@@H](C)c2ccc(C)c(C)c2)cc1OC. The van der Waals surface area contributed by atoms with Gasteiger partial charge in [0.05, 0.1) is 31.7 Å². The van der Waals surface area contributed by atoms with Gasteiger partial charge in [0.2, 0.25) is 15.9 Å². The number of likely N-dealkylation sites (N-methyl/N-ethyl adjacent to an activating group) is 1. The molecule has 0 aliphatic rings. The average molecular weight is 421 g/mol. The summed E-state index contributed by atoms with van der Waals surface area (Å²) in [5.74, 6) is 0.339. The Hall–Kier alpha value is -2.58. The minimum absolute atomic E-state index is 0.0210. The molecule has 1 amide bonds. The Labute approximate surface area is 172 Å². The number of carbonyl (C=O) groups excluding carboxylic acids is 1. The number of methoxy groups -OCH3 is 2. The third kappa shape index (κ3) is 5.27. The topological polar surface area (TPSA) is 84.9 Å². The van der Waals surface area contributed by atoms with Crippen LogP contribution in [0.5, 0.6) is 11.5 Å². The zero-order chi connectivity index (χ0) is 21.8. The fourth-order valence-electron chi connectivity index (χ4n) is 2.85. The van der Waals surface area contributed by atoms with Crippen molar-refractivity contribution < 1.29 is 22.7 Å².